The third-order valence-electron chi connectivity index (χ3n) is 4.52. The van der Waals surface area contributed by atoms with Crippen LogP contribution in [0.2, 0.25) is 0 Å². The Balaban J connectivity index is 1.93. The van der Waals surface area contributed by atoms with E-state index in [0.29, 0.717) is 5.91 Å². The lowest BCUT2D eigenvalue weighted by molar-refractivity contribution is -0.142. The van der Waals surface area contributed by atoms with Gasteiger partial charge < -0.3 is 10.2 Å². The van der Waals surface area contributed by atoms with E-state index in [0.717, 1.165) is 45.3 Å². The van der Waals surface area contributed by atoms with Crippen LogP contribution in [0.3, 0.4) is 0 Å². The van der Waals surface area contributed by atoms with Crippen LogP contribution >= 0.6 is 0 Å². The molecule has 1 N–H and O–H groups in total. The molecule has 20 heavy (non-hydrogen) atoms. The molecule has 1 saturated heterocycles. The first-order chi connectivity index (χ1) is 9.68. The van der Waals surface area contributed by atoms with E-state index in [1.54, 1.807) is 12.4 Å². The van der Waals surface area contributed by atoms with Crippen molar-refractivity contribution in [3.63, 3.8) is 0 Å². The Bertz CT molecular complexity index is 427. The molecule has 0 radical (unpaired) electrons. The quantitative estimate of drug-likeness (QED) is 0.892. The Labute approximate surface area is 121 Å². The first-order valence-electron chi connectivity index (χ1n) is 7.53. The number of hydrogen-bond acceptors (Lipinski definition) is 3. The predicted octanol–water partition coefficient (Wildman–Crippen LogP) is 1.86. The van der Waals surface area contributed by atoms with Crippen molar-refractivity contribution in [1.29, 1.82) is 0 Å². The second-order valence-electron chi connectivity index (χ2n) is 5.72. The van der Waals surface area contributed by atoms with Gasteiger partial charge in [-0.05, 0) is 56.5 Å². The second-order valence-corrected chi connectivity index (χ2v) is 5.72. The van der Waals surface area contributed by atoms with Gasteiger partial charge >= 0.3 is 0 Å². The fourth-order valence-electron chi connectivity index (χ4n) is 2.98. The van der Waals surface area contributed by atoms with Gasteiger partial charge in [0.1, 0.15) is 0 Å². The van der Waals surface area contributed by atoms with E-state index >= 15 is 0 Å². The molecule has 4 heteroatoms. The number of carbonyl (C=O) groups excluding carboxylic acids is 1. The molecule has 0 saturated carbocycles. The van der Waals surface area contributed by atoms with E-state index in [9.17, 15) is 4.79 Å². The van der Waals surface area contributed by atoms with Crippen LogP contribution in [0.4, 0.5) is 0 Å². The van der Waals surface area contributed by atoms with Crippen molar-refractivity contribution in [2.45, 2.75) is 32.6 Å². The Hall–Kier alpha value is -1.42. The van der Waals surface area contributed by atoms with E-state index in [-0.39, 0.29) is 5.41 Å². The first kappa shape index (κ1) is 15.0. The van der Waals surface area contributed by atoms with Crippen molar-refractivity contribution in [1.82, 2.24) is 15.2 Å². The summed E-state index contributed by atoms with van der Waals surface area (Å²) in [7, 11) is 1.93. The van der Waals surface area contributed by atoms with Gasteiger partial charge in [0.25, 0.3) is 0 Å². The van der Waals surface area contributed by atoms with Crippen molar-refractivity contribution in [2.24, 2.45) is 5.41 Å². The van der Waals surface area contributed by atoms with Crippen LogP contribution in [0, 0.1) is 5.41 Å². The average Bonchev–Trinajstić information content (AvgIpc) is 2.53. The highest BCUT2D eigenvalue weighted by Gasteiger charge is 2.39. The van der Waals surface area contributed by atoms with Gasteiger partial charge in [0.05, 0.1) is 5.41 Å². The molecule has 1 aromatic rings. The summed E-state index contributed by atoms with van der Waals surface area (Å²) in [6.45, 7) is 4.83. The molecule has 1 fully saturated rings. The average molecular weight is 275 g/mol. The summed E-state index contributed by atoms with van der Waals surface area (Å²) in [5, 5.41) is 3.35. The first-order valence-corrected chi connectivity index (χ1v) is 7.53. The van der Waals surface area contributed by atoms with Gasteiger partial charge in [-0.2, -0.15) is 0 Å². The molecule has 0 unspecified atom stereocenters. The molecule has 1 aromatic heterocycles. The highest BCUT2D eigenvalue weighted by molar-refractivity contribution is 5.82. The largest absolute Gasteiger partial charge is 0.345 e. The highest BCUT2D eigenvalue weighted by atomic mass is 16.2. The molecule has 110 valence electrons. The topological polar surface area (TPSA) is 45.2 Å². The lowest BCUT2D eigenvalue weighted by atomic mass is 9.75. The van der Waals surface area contributed by atoms with Gasteiger partial charge in [0.2, 0.25) is 5.91 Å². The SMILES string of the molecule is CCC1(C(=O)N(C)CCc2ccncc2)CCNCC1. The molecular weight excluding hydrogens is 250 g/mol. The molecule has 0 atom stereocenters. The number of pyridine rings is 1. The summed E-state index contributed by atoms with van der Waals surface area (Å²) in [5.41, 5.74) is 1.09. The molecule has 0 bridgehead atoms. The standard InChI is InChI=1S/C16H25N3O/c1-3-16(7-11-18-12-8-16)15(20)19(2)13-6-14-4-9-17-10-5-14/h4-5,9-10,18H,3,6-8,11-13H2,1-2H3. The summed E-state index contributed by atoms with van der Waals surface area (Å²) in [4.78, 5) is 18.7. The minimum absolute atomic E-state index is 0.141. The number of rotatable bonds is 5. The van der Waals surface area contributed by atoms with Crippen LogP contribution in [0.15, 0.2) is 24.5 Å². The Morgan fingerprint density at radius 3 is 2.60 bits per heavy atom. The number of amides is 1. The number of nitrogens with zero attached hydrogens (tertiary/aromatic N) is 2. The fraction of sp³-hybridized carbons (Fsp3) is 0.625. The summed E-state index contributed by atoms with van der Waals surface area (Å²) in [6, 6.07) is 4.02. The molecule has 1 amide bonds. The number of hydrogen-bond donors (Lipinski definition) is 1. The Kier molecular flexibility index (Phi) is 5.12. The number of nitrogens with one attached hydrogen (secondary N) is 1. The molecule has 0 aromatic carbocycles. The van der Waals surface area contributed by atoms with Crippen LogP contribution < -0.4 is 5.32 Å². The molecule has 1 aliphatic heterocycles. The minimum atomic E-state index is -0.141. The van der Waals surface area contributed by atoms with Crippen LogP contribution in [-0.2, 0) is 11.2 Å². The maximum Gasteiger partial charge on any atom is 0.228 e. The third-order valence-corrected chi connectivity index (χ3v) is 4.52. The zero-order valence-corrected chi connectivity index (χ0v) is 12.6. The van der Waals surface area contributed by atoms with E-state index in [1.165, 1.54) is 5.56 Å². The maximum absolute atomic E-state index is 12.8. The van der Waals surface area contributed by atoms with Crippen LogP contribution in [0.25, 0.3) is 0 Å². The van der Waals surface area contributed by atoms with Gasteiger partial charge in [-0.1, -0.05) is 6.92 Å². The van der Waals surface area contributed by atoms with Gasteiger partial charge in [0.15, 0.2) is 0 Å². The van der Waals surface area contributed by atoms with Crippen molar-refractivity contribution in [3.05, 3.63) is 30.1 Å². The van der Waals surface area contributed by atoms with Crippen molar-refractivity contribution >= 4 is 5.91 Å². The van der Waals surface area contributed by atoms with Crippen molar-refractivity contribution < 1.29 is 4.79 Å². The molecule has 4 nitrogen and oxygen atoms in total. The zero-order valence-electron chi connectivity index (χ0n) is 12.6. The molecule has 2 heterocycles. The minimum Gasteiger partial charge on any atom is -0.345 e. The number of piperidine rings is 1. The summed E-state index contributed by atoms with van der Waals surface area (Å²) < 4.78 is 0. The number of likely N-dealkylation sites (N-methyl/N-ethyl adjacent to an activating group) is 1. The lowest BCUT2D eigenvalue weighted by Gasteiger charge is -2.38. The summed E-state index contributed by atoms with van der Waals surface area (Å²) >= 11 is 0. The van der Waals surface area contributed by atoms with E-state index < -0.39 is 0 Å². The van der Waals surface area contributed by atoms with Gasteiger partial charge in [-0.25, -0.2) is 0 Å². The zero-order chi connectivity index (χ0) is 14.4. The predicted molar refractivity (Wildman–Crippen MR) is 80.4 cm³/mol. The van der Waals surface area contributed by atoms with Gasteiger partial charge in [0, 0.05) is 26.0 Å². The van der Waals surface area contributed by atoms with E-state index in [4.69, 9.17) is 0 Å². The summed E-state index contributed by atoms with van der Waals surface area (Å²) in [5.74, 6) is 0.315. The lowest BCUT2D eigenvalue weighted by Crippen LogP contribution is -2.48. The third kappa shape index (κ3) is 3.37. The van der Waals surface area contributed by atoms with Gasteiger partial charge in [-0.3, -0.25) is 9.78 Å². The second kappa shape index (κ2) is 6.84. The molecule has 1 aliphatic rings. The Morgan fingerprint density at radius 2 is 2.00 bits per heavy atom. The number of aromatic nitrogens is 1. The molecule has 0 spiro atoms. The van der Waals surface area contributed by atoms with E-state index in [2.05, 4.69) is 17.2 Å². The van der Waals surface area contributed by atoms with E-state index in [1.807, 2.05) is 24.1 Å². The Morgan fingerprint density at radius 1 is 1.35 bits per heavy atom. The molecular formula is C16H25N3O. The maximum atomic E-state index is 12.8. The fourth-order valence-corrected chi connectivity index (χ4v) is 2.98. The molecule has 2 rings (SSSR count). The molecule has 0 aliphatic carbocycles. The van der Waals surface area contributed by atoms with Crippen LogP contribution in [-0.4, -0.2) is 42.5 Å². The van der Waals surface area contributed by atoms with Crippen molar-refractivity contribution in [2.75, 3.05) is 26.7 Å². The van der Waals surface area contributed by atoms with Gasteiger partial charge in [-0.15, -0.1) is 0 Å². The monoisotopic (exact) mass is 275 g/mol. The summed E-state index contributed by atoms with van der Waals surface area (Å²) in [6.07, 6.45) is 7.36. The van der Waals surface area contributed by atoms with Crippen LogP contribution in [0.5, 0.6) is 0 Å². The number of carbonyl (C=O) groups is 1. The van der Waals surface area contributed by atoms with Crippen LogP contribution in [0.1, 0.15) is 31.7 Å². The van der Waals surface area contributed by atoms with Crippen molar-refractivity contribution in [3.8, 4) is 0 Å². The smallest absolute Gasteiger partial charge is 0.228 e. The normalized spacial score (nSPS) is 17.7. The highest BCUT2D eigenvalue weighted by Crippen LogP contribution is 2.34.